The molecule has 7 heteroatoms. The van der Waals surface area contributed by atoms with E-state index >= 15 is 0 Å². The highest BCUT2D eigenvalue weighted by atomic mass is 35.5. The molecule has 1 amide bonds. The second kappa shape index (κ2) is 6.54. The van der Waals surface area contributed by atoms with E-state index in [1.165, 1.54) is 6.07 Å². The van der Waals surface area contributed by atoms with Crippen molar-refractivity contribution in [1.29, 1.82) is 0 Å². The van der Waals surface area contributed by atoms with Crippen molar-refractivity contribution in [3.63, 3.8) is 0 Å². The first-order chi connectivity index (χ1) is 12.1. The third kappa shape index (κ3) is 3.15. The summed E-state index contributed by atoms with van der Waals surface area (Å²) in [4.78, 5) is 28.8. The maximum atomic E-state index is 12.7. The Morgan fingerprint density at radius 1 is 1.24 bits per heavy atom. The fourth-order valence-electron chi connectivity index (χ4n) is 3.38. The second-order valence-electron chi connectivity index (χ2n) is 6.27. The van der Waals surface area contributed by atoms with Gasteiger partial charge in [-0.25, -0.2) is 0 Å². The van der Waals surface area contributed by atoms with E-state index in [0.717, 1.165) is 29.8 Å². The first-order valence-corrected chi connectivity index (χ1v) is 8.67. The molecule has 1 aromatic heterocycles. The van der Waals surface area contributed by atoms with Crippen LogP contribution in [0.2, 0.25) is 5.02 Å². The van der Waals surface area contributed by atoms with Crippen LogP contribution >= 0.6 is 11.6 Å². The molecular formula is C18H18ClN3O3. The SMILES string of the molecule is O=C([C@@H]1Cc2cc(Cl)cc(-c3cc[nH]c(=O)c3)c2O1)N1CCNCC1. The Balaban J connectivity index is 1.66. The molecule has 0 radical (unpaired) electrons. The molecule has 4 rings (SSSR count). The van der Waals surface area contributed by atoms with Crippen molar-refractivity contribution in [3.05, 3.63) is 51.4 Å². The van der Waals surface area contributed by atoms with Gasteiger partial charge in [-0.2, -0.15) is 0 Å². The Morgan fingerprint density at radius 2 is 2.04 bits per heavy atom. The minimum absolute atomic E-state index is 0.00526. The molecule has 1 aromatic carbocycles. The summed E-state index contributed by atoms with van der Waals surface area (Å²) in [5, 5.41) is 3.80. The monoisotopic (exact) mass is 359 g/mol. The number of halogens is 1. The molecule has 2 aliphatic heterocycles. The number of H-pyrrole nitrogens is 1. The van der Waals surface area contributed by atoms with Crippen molar-refractivity contribution in [2.75, 3.05) is 26.2 Å². The number of hydrogen-bond donors (Lipinski definition) is 2. The van der Waals surface area contributed by atoms with Gasteiger partial charge < -0.3 is 19.9 Å². The summed E-state index contributed by atoms with van der Waals surface area (Å²) in [5.41, 5.74) is 2.16. The molecule has 2 aliphatic rings. The molecule has 6 nitrogen and oxygen atoms in total. The van der Waals surface area contributed by atoms with E-state index in [1.807, 2.05) is 11.0 Å². The van der Waals surface area contributed by atoms with E-state index in [4.69, 9.17) is 16.3 Å². The normalized spacial score (nSPS) is 19.4. The van der Waals surface area contributed by atoms with Gasteiger partial charge in [-0.1, -0.05) is 11.6 Å². The zero-order chi connectivity index (χ0) is 17.4. The number of carbonyl (C=O) groups excluding carboxylic acids is 1. The van der Waals surface area contributed by atoms with Gasteiger partial charge in [0.2, 0.25) is 5.56 Å². The average molecular weight is 360 g/mol. The van der Waals surface area contributed by atoms with Crippen LogP contribution in [0, 0.1) is 0 Å². The maximum Gasteiger partial charge on any atom is 0.264 e. The van der Waals surface area contributed by atoms with Crippen LogP contribution < -0.4 is 15.6 Å². The number of nitrogens with one attached hydrogen (secondary N) is 2. The van der Waals surface area contributed by atoms with Crippen LogP contribution in [0.25, 0.3) is 11.1 Å². The summed E-state index contributed by atoms with van der Waals surface area (Å²) >= 11 is 6.25. The van der Waals surface area contributed by atoms with E-state index in [2.05, 4.69) is 10.3 Å². The first kappa shape index (κ1) is 16.2. The number of ether oxygens (including phenoxy) is 1. The molecule has 0 bridgehead atoms. The lowest BCUT2D eigenvalue weighted by molar-refractivity contribution is -0.138. The summed E-state index contributed by atoms with van der Waals surface area (Å²) in [6.07, 6.45) is 1.55. The molecule has 0 spiro atoms. The summed E-state index contributed by atoms with van der Waals surface area (Å²) < 4.78 is 6.02. The number of aromatic amines is 1. The summed E-state index contributed by atoms with van der Waals surface area (Å²) in [6, 6.07) is 6.90. The number of piperazine rings is 1. The number of benzene rings is 1. The molecule has 0 saturated carbocycles. The van der Waals surface area contributed by atoms with E-state index in [9.17, 15) is 9.59 Å². The highest BCUT2D eigenvalue weighted by molar-refractivity contribution is 6.31. The number of aromatic nitrogens is 1. The predicted molar refractivity (Wildman–Crippen MR) is 95.1 cm³/mol. The van der Waals surface area contributed by atoms with Gasteiger partial charge in [0.25, 0.3) is 5.91 Å². The molecule has 2 aromatic rings. The molecule has 130 valence electrons. The van der Waals surface area contributed by atoms with Gasteiger partial charge in [0.1, 0.15) is 5.75 Å². The average Bonchev–Trinajstić information content (AvgIpc) is 3.05. The van der Waals surface area contributed by atoms with Crippen LogP contribution in [0.1, 0.15) is 5.56 Å². The van der Waals surface area contributed by atoms with Crippen LogP contribution in [0.5, 0.6) is 5.75 Å². The van der Waals surface area contributed by atoms with Crippen molar-refractivity contribution >= 4 is 17.5 Å². The standard InChI is InChI=1S/C18H18ClN3O3/c19-13-7-12-8-15(18(24)22-5-3-20-4-6-22)25-17(12)14(10-13)11-1-2-21-16(23)9-11/h1-2,7,9-10,15,20H,3-6,8H2,(H,21,23)/t15-/m0/s1. The van der Waals surface area contributed by atoms with E-state index < -0.39 is 6.10 Å². The number of hydrogen-bond acceptors (Lipinski definition) is 4. The summed E-state index contributed by atoms with van der Waals surface area (Å²) in [5.74, 6) is 0.647. The van der Waals surface area contributed by atoms with Crippen LogP contribution in [0.4, 0.5) is 0 Å². The van der Waals surface area contributed by atoms with E-state index in [0.29, 0.717) is 30.3 Å². The number of carbonyl (C=O) groups is 1. The van der Waals surface area contributed by atoms with Gasteiger partial charge in [-0.05, 0) is 23.8 Å². The Hall–Kier alpha value is -2.31. The van der Waals surface area contributed by atoms with Crippen LogP contribution in [-0.4, -0.2) is 48.1 Å². The molecule has 1 saturated heterocycles. The van der Waals surface area contributed by atoms with Gasteiger partial charge in [0.15, 0.2) is 6.10 Å². The molecule has 0 unspecified atom stereocenters. The maximum absolute atomic E-state index is 12.7. The fourth-order valence-corrected chi connectivity index (χ4v) is 3.62. The largest absolute Gasteiger partial charge is 0.479 e. The third-order valence-corrected chi connectivity index (χ3v) is 4.80. The zero-order valence-electron chi connectivity index (χ0n) is 13.5. The number of amides is 1. The number of pyridine rings is 1. The highest BCUT2D eigenvalue weighted by Gasteiger charge is 2.34. The predicted octanol–water partition coefficient (Wildman–Crippen LogP) is 1.43. The van der Waals surface area contributed by atoms with Crippen LogP contribution in [0.15, 0.2) is 35.3 Å². The highest BCUT2D eigenvalue weighted by Crippen LogP contribution is 2.41. The van der Waals surface area contributed by atoms with Crippen LogP contribution in [0.3, 0.4) is 0 Å². The smallest absolute Gasteiger partial charge is 0.264 e. The molecule has 1 atom stereocenters. The lowest BCUT2D eigenvalue weighted by Gasteiger charge is -2.29. The van der Waals surface area contributed by atoms with Gasteiger partial charge in [-0.15, -0.1) is 0 Å². The Morgan fingerprint density at radius 3 is 2.80 bits per heavy atom. The Kier molecular flexibility index (Phi) is 4.23. The van der Waals surface area contributed by atoms with E-state index in [-0.39, 0.29) is 11.5 Å². The van der Waals surface area contributed by atoms with Crippen molar-refractivity contribution < 1.29 is 9.53 Å². The Bertz CT molecular complexity index is 874. The van der Waals surface area contributed by atoms with Crippen molar-refractivity contribution in [2.24, 2.45) is 0 Å². The van der Waals surface area contributed by atoms with E-state index in [1.54, 1.807) is 18.3 Å². The van der Waals surface area contributed by atoms with Crippen molar-refractivity contribution in [3.8, 4) is 16.9 Å². The molecular weight excluding hydrogens is 342 g/mol. The molecule has 25 heavy (non-hydrogen) atoms. The number of nitrogens with zero attached hydrogens (tertiary/aromatic N) is 1. The van der Waals surface area contributed by atoms with Crippen LogP contribution in [-0.2, 0) is 11.2 Å². The Labute approximate surface area is 149 Å². The molecule has 2 N–H and O–H groups in total. The van der Waals surface area contributed by atoms with Gasteiger partial charge in [0.05, 0.1) is 0 Å². The fraction of sp³-hybridized carbons (Fsp3) is 0.333. The second-order valence-corrected chi connectivity index (χ2v) is 6.71. The molecule has 0 aliphatic carbocycles. The number of rotatable bonds is 2. The quantitative estimate of drug-likeness (QED) is 0.850. The topological polar surface area (TPSA) is 74.4 Å². The minimum Gasteiger partial charge on any atom is -0.479 e. The summed E-state index contributed by atoms with van der Waals surface area (Å²) in [6.45, 7) is 2.98. The van der Waals surface area contributed by atoms with Gasteiger partial charge in [0, 0.05) is 61.0 Å². The lowest BCUT2D eigenvalue weighted by atomic mass is 10.0. The van der Waals surface area contributed by atoms with Gasteiger partial charge in [-0.3, -0.25) is 9.59 Å². The van der Waals surface area contributed by atoms with Gasteiger partial charge >= 0.3 is 0 Å². The number of fused-ring (bicyclic) bond motifs is 1. The van der Waals surface area contributed by atoms with Crippen molar-refractivity contribution in [2.45, 2.75) is 12.5 Å². The zero-order valence-corrected chi connectivity index (χ0v) is 14.3. The lowest BCUT2D eigenvalue weighted by Crippen LogP contribution is -2.50. The summed E-state index contributed by atoms with van der Waals surface area (Å²) in [7, 11) is 0. The molecule has 3 heterocycles. The third-order valence-electron chi connectivity index (χ3n) is 4.59. The van der Waals surface area contributed by atoms with Crippen molar-refractivity contribution in [1.82, 2.24) is 15.2 Å². The first-order valence-electron chi connectivity index (χ1n) is 8.29. The molecule has 1 fully saturated rings. The minimum atomic E-state index is -0.535.